The molecule has 9 heteroatoms. The first-order chi connectivity index (χ1) is 16.7. The molecule has 1 amide bonds. The van der Waals surface area contributed by atoms with E-state index in [0.717, 1.165) is 21.3 Å². The summed E-state index contributed by atoms with van der Waals surface area (Å²) in [5.74, 6) is -0.133. The van der Waals surface area contributed by atoms with E-state index in [0.29, 0.717) is 28.7 Å². The summed E-state index contributed by atoms with van der Waals surface area (Å²) in [4.78, 5) is 26.9. The Morgan fingerprint density at radius 1 is 1.09 bits per heavy atom. The van der Waals surface area contributed by atoms with Gasteiger partial charge in [-0.15, -0.1) is 11.3 Å². The van der Waals surface area contributed by atoms with E-state index in [4.69, 9.17) is 15.7 Å². The van der Waals surface area contributed by atoms with Gasteiger partial charge in [0, 0.05) is 27.5 Å². The van der Waals surface area contributed by atoms with Crippen LogP contribution in [0.3, 0.4) is 0 Å². The summed E-state index contributed by atoms with van der Waals surface area (Å²) in [6.07, 6.45) is 3.59. The van der Waals surface area contributed by atoms with Crippen molar-refractivity contribution in [2.75, 3.05) is 5.73 Å². The largest absolute Gasteiger partial charge is 0.383 e. The fourth-order valence-electron chi connectivity index (χ4n) is 3.98. The van der Waals surface area contributed by atoms with Crippen LogP contribution in [0.15, 0.2) is 77.3 Å². The summed E-state index contributed by atoms with van der Waals surface area (Å²) >= 11 is 1.58. The Labute approximate surface area is 197 Å². The highest BCUT2D eigenvalue weighted by atomic mass is 32.1. The highest BCUT2D eigenvalue weighted by Gasteiger charge is 2.24. The minimum Gasteiger partial charge on any atom is -0.383 e. The molecule has 34 heavy (non-hydrogen) atoms. The molecule has 0 aliphatic heterocycles. The normalized spacial score (nSPS) is 11.8. The van der Waals surface area contributed by atoms with E-state index >= 15 is 0 Å². The van der Waals surface area contributed by atoms with Gasteiger partial charge in [-0.1, -0.05) is 36.4 Å². The number of para-hydroxylation sites is 3. The second kappa shape index (κ2) is 8.13. The molecular weight excluding hydrogens is 446 g/mol. The van der Waals surface area contributed by atoms with Gasteiger partial charge >= 0.3 is 0 Å². The lowest BCUT2D eigenvalue weighted by atomic mass is 10.2. The van der Waals surface area contributed by atoms with Crippen molar-refractivity contribution in [2.24, 2.45) is 5.10 Å². The average molecular weight is 466 g/mol. The van der Waals surface area contributed by atoms with Crippen molar-refractivity contribution in [1.29, 1.82) is 0 Å². The number of H-pyrrole nitrogens is 1. The third-order valence-corrected chi connectivity index (χ3v) is 6.51. The number of nitrogen functional groups attached to an aromatic ring is 1. The number of carbonyl (C=O) groups excluding carboxylic acids is 1. The Kier molecular flexibility index (Phi) is 4.81. The fourth-order valence-corrected chi connectivity index (χ4v) is 4.62. The summed E-state index contributed by atoms with van der Waals surface area (Å²) in [5.41, 5.74) is 10.9. The number of nitrogens with zero attached hydrogens (tertiary/aromatic N) is 4. The Morgan fingerprint density at radius 2 is 1.88 bits per heavy atom. The maximum Gasteiger partial charge on any atom is 0.257 e. The van der Waals surface area contributed by atoms with Gasteiger partial charge in [0.1, 0.15) is 16.9 Å². The molecule has 0 bridgehead atoms. The van der Waals surface area contributed by atoms with Crippen molar-refractivity contribution >= 4 is 62.4 Å². The van der Waals surface area contributed by atoms with Gasteiger partial charge in [0.25, 0.3) is 5.91 Å². The van der Waals surface area contributed by atoms with E-state index in [1.807, 2.05) is 72.2 Å². The summed E-state index contributed by atoms with van der Waals surface area (Å²) in [6, 6.07) is 19.4. The van der Waals surface area contributed by atoms with Gasteiger partial charge in [0.2, 0.25) is 0 Å². The molecule has 0 saturated carbocycles. The van der Waals surface area contributed by atoms with Gasteiger partial charge in [-0.05, 0) is 29.6 Å². The SMILES string of the molecule is Nc1c(C(=O)NCc2cccs2)c2nc3ccccc3nc2n1N=Cc1c[nH]c2ccccc12. The molecule has 0 saturated heterocycles. The second-order valence-corrected chi connectivity index (χ2v) is 8.79. The van der Waals surface area contributed by atoms with E-state index in [1.54, 1.807) is 17.6 Å². The highest BCUT2D eigenvalue weighted by Crippen LogP contribution is 2.28. The van der Waals surface area contributed by atoms with E-state index in [9.17, 15) is 4.79 Å². The third-order valence-electron chi connectivity index (χ3n) is 5.64. The zero-order chi connectivity index (χ0) is 23.1. The standard InChI is InChI=1S/C25H19N7OS/c26-23-21(25(33)28-14-16-6-5-11-34-16)22-24(31-20-10-4-3-9-19(20)30-22)32(23)29-13-15-12-27-18-8-2-1-7-17(15)18/h1-13,27H,14,26H2,(H,28,33). The van der Waals surface area contributed by atoms with E-state index < -0.39 is 0 Å². The van der Waals surface area contributed by atoms with Gasteiger partial charge in [-0.25, -0.2) is 9.97 Å². The van der Waals surface area contributed by atoms with Crippen molar-refractivity contribution in [1.82, 2.24) is 24.9 Å². The number of hydrogen-bond acceptors (Lipinski definition) is 6. The van der Waals surface area contributed by atoms with Gasteiger partial charge in [-0.3, -0.25) is 4.79 Å². The zero-order valence-corrected chi connectivity index (χ0v) is 18.7. The molecule has 166 valence electrons. The molecule has 2 aromatic carbocycles. The number of rotatable bonds is 5. The zero-order valence-electron chi connectivity index (χ0n) is 17.9. The molecule has 4 N–H and O–H groups in total. The predicted octanol–water partition coefficient (Wildman–Crippen LogP) is 4.52. The number of anilines is 1. The van der Waals surface area contributed by atoms with Crippen LogP contribution >= 0.6 is 11.3 Å². The Morgan fingerprint density at radius 3 is 2.71 bits per heavy atom. The van der Waals surface area contributed by atoms with Gasteiger partial charge in [-0.2, -0.15) is 9.78 Å². The molecule has 0 aliphatic carbocycles. The van der Waals surface area contributed by atoms with Crippen LogP contribution in [0.2, 0.25) is 0 Å². The molecule has 6 aromatic rings. The molecule has 4 heterocycles. The first-order valence-electron chi connectivity index (χ1n) is 10.7. The van der Waals surface area contributed by atoms with E-state index in [-0.39, 0.29) is 17.3 Å². The lowest BCUT2D eigenvalue weighted by molar-refractivity contribution is 0.0953. The smallest absolute Gasteiger partial charge is 0.257 e. The van der Waals surface area contributed by atoms with Crippen molar-refractivity contribution < 1.29 is 4.79 Å². The second-order valence-electron chi connectivity index (χ2n) is 7.75. The van der Waals surface area contributed by atoms with Crippen LogP contribution in [-0.4, -0.2) is 31.7 Å². The van der Waals surface area contributed by atoms with Crippen molar-refractivity contribution in [2.45, 2.75) is 6.54 Å². The molecule has 0 fully saturated rings. The minimum absolute atomic E-state index is 0.185. The van der Waals surface area contributed by atoms with Crippen LogP contribution in [0.1, 0.15) is 20.8 Å². The number of aromatic amines is 1. The van der Waals surface area contributed by atoms with Gasteiger partial charge < -0.3 is 16.0 Å². The number of fused-ring (bicyclic) bond motifs is 3. The van der Waals surface area contributed by atoms with Crippen LogP contribution < -0.4 is 11.1 Å². The molecule has 4 aromatic heterocycles. The molecule has 0 aliphatic rings. The highest BCUT2D eigenvalue weighted by molar-refractivity contribution is 7.09. The quantitative estimate of drug-likeness (QED) is 0.325. The first-order valence-corrected chi connectivity index (χ1v) is 11.5. The molecule has 0 atom stereocenters. The van der Waals surface area contributed by atoms with E-state index in [1.165, 1.54) is 4.68 Å². The summed E-state index contributed by atoms with van der Waals surface area (Å²) in [5, 5.41) is 10.6. The monoisotopic (exact) mass is 465 g/mol. The topological polar surface area (TPSA) is 114 Å². The first kappa shape index (κ1) is 20.1. The minimum atomic E-state index is -0.318. The lowest BCUT2D eigenvalue weighted by Gasteiger charge is -2.04. The van der Waals surface area contributed by atoms with Crippen LogP contribution in [-0.2, 0) is 6.54 Å². The molecular formula is C25H19N7OS. The molecule has 0 radical (unpaired) electrons. The van der Waals surface area contributed by atoms with Crippen LogP contribution in [0, 0.1) is 0 Å². The maximum absolute atomic E-state index is 13.2. The number of nitrogens with two attached hydrogens (primary N) is 1. The molecule has 6 rings (SSSR count). The number of carbonyl (C=O) groups is 1. The van der Waals surface area contributed by atoms with Crippen LogP contribution in [0.5, 0.6) is 0 Å². The Hall–Kier alpha value is -4.50. The van der Waals surface area contributed by atoms with Crippen molar-refractivity contribution in [3.8, 4) is 0 Å². The molecule has 0 unspecified atom stereocenters. The summed E-state index contributed by atoms with van der Waals surface area (Å²) in [6.45, 7) is 0.405. The maximum atomic E-state index is 13.2. The number of amides is 1. The van der Waals surface area contributed by atoms with Crippen LogP contribution in [0.25, 0.3) is 33.1 Å². The Balaban J connectivity index is 1.48. The summed E-state index contributed by atoms with van der Waals surface area (Å²) in [7, 11) is 0. The Bertz CT molecular complexity index is 1700. The predicted molar refractivity (Wildman–Crippen MR) is 136 cm³/mol. The number of aromatic nitrogens is 4. The summed E-state index contributed by atoms with van der Waals surface area (Å²) < 4.78 is 1.48. The third kappa shape index (κ3) is 3.39. The average Bonchev–Trinajstić information content (AvgIpc) is 3.58. The van der Waals surface area contributed by atoms with Gasteiger partial charge in [0.05, 0.1) is 23.8 Å². The van der Waals surface area contributed by atoms with Crippen molar-refractivity contribution in [3.05, 3.63) is 88.2 Å². The van der Waals surface area contributed by atoms with Crippen molar-refractivity contribution in [3.63, 3.8) is 0 Å². The van der Waals surface area contributed by atoms with Crippen LogP contribution in [0.4, 0.5) is 5.82 Å². The molecule has 0 spiro atoms. The van der Waals surface area contributed by atoms with Gasteiger partial charge in [0.15, 0.2) is 5.65 Å². The van der Waals surface area contributed by atoms with E-state index in [2.05, 4.69) is 15.4 Å². The number of benzene rings is 2. The lowest BCUT2D eigenvalue weighted by Crippen LogP contribution is -2.23. The number of nitrogens with one attached hydrogen (secondary N) is 2. The molecule has 8 nitrogen and oxygen atoms in total. The number of thiophene rings is 1. The number of hydrogen-bond donors (Lipinski definition) is 3. The fraction of sp³-hybridized carbons (Fsp3) is 0.0400.